The molecule has 3 heterocycles. The summed E-state index contributed by atoms with van der Waals surface area (Å²) in [6.07, 6.45) is -0.236. The molecule has 1 aliphatic carbocycles. The number of fused-ring (bicyclic) bond motifs is 1. The van der Waals surface area contributed by atoms with E-state index in [1.54, 1.807) is 20.2 Å². The van der Waals surface area contributed by atoms with Crippen molar-refractivity contribution in [2.75, 3.05) is 6.54 Å². The Morgan fingerprint density at radius 1 is 1.22 bits per heavy atom. The third-order valence-corrected chi connectivity index (χ3v) is 7.17. The van der Waals surface area contributed by atoms with Crippen LogP contribution in [0.25, 0.3) is 22.2 Å². The number of aromatic amines is 1. The number of pyridine rings is 1. The van der Waals surface area contributed by atoms with Crippen molar-refractivity contribution in [3.05, 3.63) is 59.4 Å². The molecule has 0 bridgehead atoms. The number of aliphatic hydroxyl groups is 1. The van der Waals surface area contributed by atoms with E-state index in [0.717, 1.165) is 30.3 Å². The standard InChI is InChI=1S/C26H30F3N7O/c1-14(37)12-30-15(2)22-24-19(11-20(32-22)26(27,28)29)23(33-34-24)18-9-5-8-17(10-18)21(16-6-4-7-16)25-35-31-13-36(25)3/h5,8-11,13-16,21,30,37H,4,6-7,12H2,1-3H3,(H,33,34)/t14-,15-,21-/m1/s1. The molecule has 37 heavy (non-hydrogen) atoms. The number of aromatic nitrogens is 6. The van der Waals surface area contributed by atoms with E-state index in [4.69, 9.17) is 0 Å². The van der Waals surface area contributed by atoms with Gasteiger partial charge in [-0.15, -0.1) is 10.2 Å². The number of aryl methyl sites for hydroxylation is 1. The first kappa shape index (κ1) is 25.3. The van der Waals surface area contributed by atoms with Crippen LogP contribution in [0.15, 0.2) is 36.7 Å². The molecule has 0 unspecified atom stereocenters. The average Bonchev–Trinajstić information content (AvgIpc) is 3.44. The molecule has 0 radical (unpaired) electrons. The zero-order chi connectivity index (χ0) is 26.3. The lowest BCUT2D eigenvalue weighted by atomic mass is 9.72. The SMILES string of the molecule is C[C@@H](O)CN[C@H](C)c1nc(C(F)(F)F)cc2c(-c3cccc([C@H](c4nncn4C)C4CCC4)c3)n[nH]c12. The summed E-state index contributed by atoms with van der Waals surface area (Å²) in [4.78, 5) is 3.93. The summed E-state index contributed by atoms with van der Waals surface area (Å²) in [6.45, 7) is 3.54. The summed E-state index contributed by atoms with van der Waals surface area (Å²) >= 11 is 0. The summed E-state index contributed by atoms with van der Waals surface area (Å²) < 4.78 is 43.5. The lowest BCUT2D eigenvalue weighted by Gasteiger charge is -2.33. The number of alkyl halides is 3. The summed E-state index contributed by atoms with van der Waals surface area (Å²) in [5, 5.41) is 28.8. The van der Waals surface area contributed by atoms with E-state index in [0.29, 0.717) is 28.1 Å². The highest BCUT2D eigenvalue weighted by atomic mass is 19.4. The topological polar surface area (TPSA) is 105 Å². The van der Waals surface area contributed by atoms with Crippen molar-refractivity contribution < 1.29 is 18.3 Å². The molecule has 8 nitrogen and oxygen atoms in total. The van der Waals surface area contributed by atoms with E-state index < -0.39 is 24.0 Å². The predicted octanol–water partition coefficient (Wildman–Crippen LogP) is 4.74. The van der Waals surface area contributed by atoms with E-state index in [1.165, 1.54) is 6.42 Å². The highest BCUT2D eigenvalue weighted by molar-refractivity contribution is 5.94. The molecule has 11 heteroatoms. The zero-order valence-corrected chi connectivity index (χ0v) is 20.9. The molecule has 3 aromatic heterocycles. The average molecular weight is 514 g/mol. The molecule has 3 atom stereocenters. The van der Waals surface area contributed by atoms with Crippen LogP contribution in [0.1, 0.15) is 67.8 Å². The second-order valence-electron chi connectivity index (χ2n) is 9.96. The van der Waals surface area contributed by atoms with Crippen LogP contribution in [-0.2, 0) is 13.2 Å². The minimum absolute atomic E-state index is 0.0408. The molecule has 0 spiro atoms. The molecule has 1 aromatic carbocycles. The number of halogens is 3. The van der Waals surface area contributed by atoms with Gasteiger partial charge in [0.1, 0.15) is 23.5 Å². The molecule has 5 rings (SSSR count). The van der Waals surface area contributed by atoms with Gasteiger partial charge < -0.3 is 15.0 Å². The van der Waals surface area contributed by atoms with Gasteiger partial charge in [-0.05, 0) is 50.3 Å². The van der Waals surface area contributed by atoms with Crippen LogP contribution in [0, 0.1) is 5.92 Å². The Labute approximate surface area is 212 Å². The number of hydrogen-bond acceptors (Lipinski definition) is 6. The monoisotopic (exact) mass is 513 g/mol. The molecule has 1 aliphatic rings. The van der Waals surface area contributed by atoms with E-state index >= 15 is 0 Å². The van der Waals surface area contributed by atoms with E-state index in [-0.39, 0.29) is 18.2 Å². The predicted molar refractivity (Wildman–Crippen MR) is 133 cm³/mol. The van der Waals surface area contributed by atoms with Crippen LogP contribution in [0.5, 0.6) is 0 Å². The normalized spacial score (nSPS) is 17.1. The Morgan fingerprint density at radius 2 is 2.00 bits per heavy atom. The van der Waals surface area contributed by atoms with Gasteiger partial charge in [0.2, 0.25) is 0 Å². The second-order valence-corrected chi connectivity index (χ2v) is 9.96. The molecular formula is C26H30F3N7O. The maximum Gasteiger partial charge on any atom is 0.433 e. The van der Waals surface area contributed by atoms with Gasteiger partial charge >= 0.3 is 6.18 Å². The lowest BCUT2D eigenvalue weighted by molar-refractivity contribution is -0.141. The number of nitrogens with one attached hydrogen (secondary N) is 2. The van der Waals surface area contributed by atoms with E-state index in [1.807, 2.05) is 35.9 Å². The molecule has 1 fully saturated rings. The Hall–Kier alpha value is -3.31. The fourth-order valence-corrected chi connectivity index (χ4v) is 5.02. The van der Waals surface area contributed by atoms with Crippen molar-refractivity contribution in [3.8, 4) is 11.3 Å². The van der Waals surface area contributed by atoms with Gasteiger partial charge in [0.25, 0.3) is 0 Å². The van der Waals surface area contributed by atoms with Crippen molar-refractivity contribution in [2.24, 2.45) is 13.0 Å². The molecule has 0 saturated heterocycles. The molecule has 1 saturated carbocycles. The van der Waals surface area contributed by atoms with Gasteiger partial charge in [-0.25, -0.2) is 4.98 Å². The second kappa shape index (κ2) is 9.86. The molecule has 0 aliphatic heterocycles. The lowest BCUT2D eigenvalue weighted by Crippen LogP contribution is -2.28. The molecular weight excluding hydrogens is 483 g/mol. The molecule has 196 valence electrons. The first-order chi connectivity index (χ1) is 17.6. The van der Waals surface area contributed by atoms with Crippen LogP contribution in [0.2, 0.25) is 0 Å². The summed E-state index contributed by atoms with van der Waals surface area (Å²) in [6, 6.07) is 8.31. The van der Waals surface area contributed by atoms with Crippen LogP contribution < -0.4 is 5.32 Å². The maximum absolute atomic E-state index is 13.8. The van der Waals surface area contributed by atoms with Crippen molar-refractivity contribution in [1.29, 1.82) is 0 Å². The fourth-order valence-electron chi connectivity index (χ4n) is 5.02. The van der Waals surface area contributed by atoms with Gasteiger partial charge in [-0.2, -0.15) is 18.3 Å². The third-order valence-electron chi connectivity index (χ3n) is 7.17. The number of hydrogen-bond donors (Lipinski definition) is 3. The minimum Gasteiger partial charge on any atom is -0.392 e. The Kier molecular flexibility index (Phi) is 6.76. The van der Waals surface area contributed by atoms with Crippen molar-refractivity contribution in [2.45, 2.75) is 57.3 Å². The van der Waals surface area contributed by atoms with Crippen molar-refractivity contribution in [3.63, 3.8) is 0 Å². The summed E-state index contributed by atoms with van der Waals surface area (Å²) in [7, 11) is 1.92. The molecule has 3 N–H and O–H groups in total. The zero-order valence-electron chi connectivity index (χ0n) is 20.9. The van der Waals surface area contributed by atoms with Gasteiger partial charge in [-0.1, -0.05) is 24.6 Å². The van der Waals surface area contributed by atoms with Gasteiger partial charge in [0.05, 0.1) is 17.3 Å². The van der Waals surface area contributed by atoms with E-state index in [9.17, 15) is 18.3 Å². The third kappa shape index (κ3) is 4.97. The first-order valence-corrected chi connectivity index (χ1v) is 12.5. The Morgan fingerprint density at radius 3 is 2.62 bits per heavy atom. The fraction of sp³-hybridized carbons (Fsp3) is 0.462. The first-order valence-electron chi connectivity index (χ1n) is 12.5. The van der Waals surface area contributed by atoms with Crippen molar-refractivity contribution in [1.82, 2.24) is 35.3 Å². The van der Waals surface area contributed by atoms with Gasteiger partial charge in [0.15, 0.2) is 0 Å². The maximum atomic E-state index is 13.8. The molecule has 0 amide bonds. The number of nitrogens with zero attached hydrogens (tertiary/aromatic N) is 5. The Bertz CT molecular complexity index is 1390. The van der Waals surface area contributed by atoms with Gasteiger partial charge in [-0.3, -0.25) is 5.10 Å². The molecule has 4 aromatic rings. The van der Waals surface area contributed by atoms with Crippen LogP contribution in [0.4, 0.5) is 13.2 Å². The van der Waals surface area contributed by atoms with Crippen molar-refractivity contribution >= 4 is 10.9 Å². The number of aliphatic hydroxyl groups excluding tert-OH is 1. The number of rotatable bonds is 8. The highest BCUT2D eigenvalue weighted by Crippen LogP contribution is 2.43. The van der Waals surface area contributed by atoms with Crippen LogP contribution in [0.3, 0.4) is 0 Å². The van der Waals surface area contributed by atoms with E-state index in [2.05, 4.69) is 30.7 Å². The number of H-pyrrole nitrogens is 1. The number of benzene rings is 1. The largest absolute Gasteiger partial charge is 0.433 e. The minimum atomic E-state index is -4.62. The van der Waals surface area contributed by atoms with Crippen LogP contribution in [-0.4, -0.2) is 47.7 Å². The quantitative estimate of drug-likeness (QED) is 0.315. The van der Waals surface area contributed by atoms with Gasteiger partial charge in [0, 0.05) is 36.5 Å². The summed E-state index contributed by atoms with van der Waals surface area (Å²) in [5.41, 5.74) is 1.83. The Balaban J connectivity index is 1.61. The highest BCUT2D eigenvalue weighted by Gasteiger charge is 2.35. The smallest absolute Gasteiger partial charge is 0.392 e. The summed E-state index contributed by atoms with van der Waals surface area (Å²) in [5.74, 6) is 1.35. The van der Waals surface area contributed by atoms with Crippen LogP contribution >= 0.6 is 0 Å².